The Morgan fingerprint density at radius 2 is 1.82 bits per heavy atom. The van der Waals surface area contributed by atoms with Gasteiger partial charge >= 0.3 is 0 Å². The van der Waals surface area contributed by atoms with E-state index in [2.05, 4.69) is 30.6 Å². The number of piperazine rings is 1. The van der Waals surface area contributed by atoms with Crippen molar-refractivity contribution in [2.45, 2.75) is 38.8 Å². The minimum atomic E-state index is -0.321. The van der Waals surface area contributed by atoms with Gasteiger partial charge in [0.15, 0.2) is 15.7 Å². The van der Waals surface area contributed by atoms with E-state index in [0.29, 0.717) is 60.2 Å². The molecule has 210 valence electrons. The van der Waals surface area contributed by atoms with E-state index >= 15 is 0 Å². The van der Waals surface area contributed by atoms with Crippen molar-refractivity contribution in [3.63, 3.8) is 0 Å². The summed E-state index contributed by atoms with van der Waals surface area (Å²) in [5, 5.41) is 0.454. The Hall–Kier alpha value is -3.19. The summed E-state index contributed by atoms with van der Waals surface area (Å²) in [6, 6.07) is 8.50. The van der Waals surface area contributed by atoms with Crippen LogP contribution in [0.5, 0.6) is 0 Å². The second kappa shape index (κ2) is 10.0. The highest BCUT2D eigenvalue weighted by atomic mass is 32.1. The van der Waals surface area contributed by atoms with Crippen LogP contribution in [-0.4, -0.2) is 111 Å². The number of aryl methyl sites for hydroxylation is 1. The average molecular weight is 563 g/mol. The lowest BCUT2D eigenvalue weighted by molar-refractivity contribution is -0.0929. The van der Waals surface area contributed by atoms with Crippen molar-refractivity contribution in [1.29, 1.82) is 0 Å². The summed E-state index contributed by atoms with van der Waals surface area (Å²) >= 11 is 1.35. The maximum absolute atomic E-state index is 14.0. The number of carbonyl (C=O) groups is 1. The Labute approximate surface area is 236 Å². The molecule has 0 spiro atoms. The lowest BCUT2D eigenvalue weighted by Gasteiger charge is -2.50. The minimum Gasteiger partial charge on any atom is -0.378 e. The normalized spacial score (nSPS) is 20.4. The van der Waals surface area contributed by atoms with Crippen molar-refractivity contribution in [3.05, 3.63) is 35.1 Å². The number of amides is 1. The van der Waals surface area contributed by atoms with E-state index in [-0.39, 0.29) is 11.4 Å². The van der Waals surface area contributed by atoms with Gasteiger partial charge in [0.1, 0.15) is 11.3 Å². The summed E-state index contributed by atoms with van der Waals surface area (Å²) in [5.41, 5.74) is 2.22. The van der Waals surface area contributed by atoms with Gasteiger partial charge in [-0.05, 0) is 26.0 Å². The van der Waals surface area contributed by atoms with Crippen LogP contribution in [0, 0.1) is 0 Å². The number of rotatable bonds is 5. The third-order valence-electron chi connectivity index (χ3n) is 8.18. The number of hydrogen-bond acceptors (Lipinski definition) is 10. The van der Waals surface area contributed by atoms with Crippen molar-refractivity contribution >= 4 is 44.4 Å². The summed E-state index contributed by atoms with van der Waals surface area (Å²) in [6.45, 7) is 12.9. The predicted molar refractivity (Wildman–Crippen MR) is 154 cm³/mol. The summed E-state index contributed by atoms with van der Waals surface area (Å²) < 4.78 is 13.1. The van der Waals surface area contributed by atoms with Gasteiger partial charge in [0, 0.05) is 39.1 Å². The average Bonchev–Trinajstić information content (AvgIpc) is 3.53. The fourth-order valence-electron chi connectivity index (χ4n) is 5.95. The molecule has 0 saturated carbocycles. The third-order valence-corrected chi connectivity index (χ3v) is 9.12. The summed E-state index contributed by atoms with van der Waals surface area (Å²) in [5.74, 6) is 2.14. The van der Waals surface area contributed by atoms with Crippen LogP contribution in [0.1, 0.15) is 36.4 Å². The van der Waals surface area contributed by atoms with Crippen LogP contribution in [-0.2, 0) is 15.9 Å². The minimum absolute atomic E-state index is 0.0469. The zero-order valence-electron chi connectivity index (χ0n) is 23.2. The van der Waals surface area contributed by atoms with Gasteiger partial charge in [-0.1, -0.05) is 30.4 Å². The van der Waals surface area contributed by atoms with E-state index in [1.54, 1.807) is 0 Å². The van der Waals surface area contributed by atoms with E-state index in [0.717, 1.165) is 55.4 Å². The molecule has 3 aliphatic rings. The molecule has 3 aliphatic heterocycles. The first-order chi connectivity index (χ1) is 19.4. The first-order valence-corrected chi connectivity index (χ1v) is 14.9. The Bertz CT molecular complexity index is 1570. The van der Waals surface area contributed by atoms with Crippen molar-refractivity contribution in [3.8, 4) is 5.95 Å². The fraction of sp³-hybridized carbons (Fsp3) is 0.536. The molecule has 12 heteroatoms. The highest BCUT2D eigenvalue weighted by molar-refractivity contribution is 7.20. The van der Waals surface area contributed by atoms with Gasteiger partial charge in [-0.15, -0.1) is 0 Å². The van der Waals surface area contributed by atoms with Crippen LogP contribution in [0.2, 0.25) is 0 Å². The van der Waals surface area contributed by atoms with Crippen LogP contribution in [0.25, 0.3) is 27.3 Å². The van der Waals surface area contributed by atoms with Gasteiger partial charge in [0.25, 0.3) is 5.91 Å². The molecule has 11 nitrogen and oxygen atoms in total. The van der Waals surface area contributed by atoms with Gasteiger partial charge in [-0.2, -0.15) is 9.97 Å². The molecule has 4 aromatic rings. The quantitative estimate of drug-likeness (QED) is 0.363. The van der Waals surface area contributed by atoms with Crippen LogP contribution >= 0.6 is 11.3 Å². The van der Waals surface area contributed by atoms with Gasteiger partial charge in [-0.25, -0.2) is 9.97 Å². The summed E-state index contributed by atoms with van der Waals surface area (Å²) in [4.78, 5) is 41.1. The molecule has 1 aromatic carbocycles. The third kappa shape index (κ3) is 4.33. The van der Waals surface area contributed by atoms with E-state index in [9.17, 15) is 4.79 Å². The Balaban J connectivity index is 1.30. The molecule has 3 fully saturated rings. The number of fused-ring (bicyclic) bond motifs is 2. The smallest absolute Gasteiger partial charge is 0.283 e. The topological polar surface area (TPSA) is 102 Å². The van der Waals surface area contributed by atoms with Crippen LogP contribution in [0.15, 0.2) is 24.3 Å². The molecule has 3 saturated heterocycles. The van der Waals surface area contributed by atoms with Crippen LogP contribution < -0.4 is 4.90 Å². The summed E-state index contributed by atoms with van der Waals surface area (Å²) in [7, 11) is 0. The number of hydrogen-bond donors (Lipinski definition) is 0. The maximum atomic E-state index is 14.0. The number of morpholine rings is 1. The Morgan fingerprint density at radius 1 is 1.02 bits per heavy atom. The molecule has 6 heterocycles. The molecule has 0 aliphatic carbocycles. The van der Waals surface area contributed by atoms with Crippen LogP contribution in [0.3, 0.4) is 0 Å². The van der Waals surface area contributed by atoms with Crippen molar-refractivity contribution in [1.82, 2.24) is 34.3 Å². The fourth-order valence-corrected chi connectivity index (χ4v) is 6.83. The number of carbonyl (C=O) groups excluding carboxylic acids is 1. The number of anilines is 1. The number of ether oxygens (including phenoxy) is 2. The van der Waals surface area contributed by atoms with Gasteiger partial charge < -0.3 is 19.3 Å². The SMILES string of the molecule is CCc1nc2ccccc2n1-c1nc(N2CCOCC2)c2nc(C(=O)N3CCN(C4COC4)CC3(C)C)sc2n1. The van der Waals surface area contributed by atoms with Crippen molar-refractivity contribution < 1.29 is 14.3 Å². The number of aromatic nitrogens is 5. The van der Waals surface area contributed by atoms with Gasteiger partial charge in [-0.3, -0.25) is 14.3 Å². The maximum Gasteiger partial charge on any atom is 0.283 e. The number of benzene rings is 1. The van der Waals surface area contributed by atoms with Crippen molar-refractivity contribution in [2.24, 2.45) is 0 Å². The highest BCUT2D eigenvalue weighted by Crippen LogP contribution is 2.33. The molecular formula is C28H34N8O3S. The van der Waals surface area contributed by atoms with Crippen molar-refractivity contribution in [2.75, 3.05) is 64.1 Å². The Kier molecular flexibility index (Phi) is 6.45. The zero-order valence-corrected chi connectivity index (χ0v) is 24.0. The lowest BCUT2D eigenvalue weighted by atomic mass is 9.97. The van der Waals surface area contributed by atoms with E-state index < -0.39 is 0 Å². The largest absolute Gasteiger partial charge is 0.378 e. The highest BCUT2D eigenvalue weighted by Gasteiger charge is 2.41. The standard InChI is InChI=1S/C28H34N8O3S/c1-4-21-29-19-7-5-6-8-20(19)36(21)27-31-23(33-11-13-38-14-12-33)22-24(32-27)40-25(30-22)26(37)35-10-9-34(17-28(35,2)3)18-15-39-16-18/h5-8,18H,4,9-17H2,1-3H3. The van der Waals surface area contributed by atoms with Gasteiger partial charge in [0.05, 0.1) is 49.0 Å². The second-order valence-electron chi connectivity index (χ2n) is 11.3. The molecule has 0 bridgehead atoms. The molecular weight excluding hydrogens is 528 g/mol. The predicted octanol–water partition coefficient (Wildman–Crippen LogP) is 2.76. The molecule has 0 radical (unpaired) electrons. The van der Waals surface area contributed by atoms with E-state index in [1.807, 2.05) is 33.7 Å². The molecule has 0 atom stereocenters. The molecule has 7 rings (SSSR count). The van der Waals surface area contributed by atoms with E-state index in [1.165, 1.54) is 11.3 Å². The Morgan fingerprint density at radius 3 is 2.55 bits per heavy atom. The number of para-hydroxylation sites is 2. The molecule has 0 unspecified atom stereocenters. The molecule has 3 aromatic heterocycles. The lowest BCUT2D eigenvalue weighted by Crippen LogP contribution is -2.65. The van der Waals surface area contributed by atoms with Gasteiger partial charge in [0.2, 0.25) is 5.95 Å². The molecule has 1 amide bonds. The van der Waals surface area contributed by atoms with E-state index in [4.69, 9.17) is 29.4 Å². The molecule has 40 heavy (non-hydrogen) atoms. The zero-order chi connectivity index (χ0) is 27.4. The number of nitrogens with zero attached hydrogens (tertiary/aromatic N) is 8. The molecule has 0 N–H and O–H groups in total. The first kappa shape index (κ1) is 25.8. The number of imidazole rings is 1. The summed E-state index contributed by atoms with van der Waals surface area (Å²) in [6.07, 6.45) is 0.740. The number of thiazole rings is 1. The first-order valence-electron chi connectivity index (χ1n) is 14.0. The monoisotopic (exact) mass is 562 g/mol. The second-order valence-corrected chi connectivity index (χ2v) is 12.2. The van der Waals surface area contributed by atoms with Crippen LogP contribution in [0.4, 0.5) is 5.82 Å².